The number of hydrogen-bond donors (Lipinski definition) is 2. The van der Waals surface area contributed by atoms with Gasteiger partial charge in [-0.15, -0.1) is 0 Å². The van der Waals surface area contributed by atoms with Gasteiger partial charge in [-0.25, -0.2) is 9.59 Å². The Hall–Kier alpha value is -4.39. The van der Waals surface area contributed by atoms with Crippen molar-refractivity contribution in [2.45, 2.75) is 19.4 Å². The van der Waals surface area contributed by atoms with Crippen LogP contribution in [0.2, 0.25) is 0 Å². The van der Waals surface area contributed by atoms with Gasteiger partial charge in [0, 0.05) is 23.4 Å². The third-order valence-electron chi connectivity index (χ3n) is 5.54. The lowest BCUT2D eigenvalue weighted by Crippen LogP contribution is -2.36. The van der Waals surface area contributed by atoms with Crippen molar-refractivity contribution < 1.29 is 23.8 Å². The maximum absolute atomic E-state index is 12.6. The van der Waals surface area contributed by atoms with Gasteiger partial charge in [-0.05, 0) is 35.7 Å². The first-order valence-electron chi connectivity index (χ1n) is 10.7. The number of carboxylic acid groups (broad SMARTS) is 1. The second kappa shape index (κ2) is 10.0. The Morgan fingerprint density at radius 2 is 1.68 bits per heavy atom. The molecule has 0 spiro atoms. The van der Waals surface area contributed by atoms with Crippen molar-refractivity contribution >= 4 is 22.8 Å². The van der Waals surface area contributed by atoms with Crippen LogP contribution in [0.5, 0.6) is 5.75 Å². The van der Waals surface area contributed by atoms with Gasteiger partial charge in [0.2, 0.25) is 0 Å². The fourth-order valence-electron chi connectivity index (χ4n) is 3.75. The number of nitrogens with one attached hydrogen (secondary N) is 1. The third-order valence-corrected chi connectivity index (χ3v) is 5.54. The molecule has 7 nitrogen and oxygen atoms in total. The van der Waals surface area contributed by atoms with Crippen molar-refractivity contribution in [2.24, 2.45) is 0 Å². The lowest BCUT2D eigenvalue weighted by Gasteiger charge is -2.15. The maximum Gasteiger partial charge on any atom is 0.340 e. The number of ether oxygens (including phenoxy) is 1. The van der Waals surface area contributed by atoms with E-state index in [-0.39, 0.29) is 0 Å². The Kier molecular flexibility index (Phi) is 6.73. The van der Waals surface area contributed by atoms with E-state index in [0.29, 0.717) is 28.9 Å². The van der Waals surface area contributed by atoms with E-state index in [1.807, 2.05) is 37.3 Å². The van der Waals surface area contributed by atoms with Crippen LogP contribution in [0.15, 0.2) is 88.1 Å². The van der Waals surface area contributed by atoms with E-state index in [0.717, 1.165) is 16.5 Å². The van der Waals surface area contributed by atoms with E-state index in [2.05, 4.69) is 5.32 Å². The molecule has 2 N–H and O–H groups in total. The third kappa shape index (κ3) is 5.15. The molecule has 172 valence electrons. The summed E-state index contributed by atoms with van der Waals surface area (Å²) in [4.78, 5) is 36.5. The molecule has 0 radical (unpaired) electrons. The number of carbonyl (C=O) groups is 2. The number of carbonyl (C=O) groups excluding carboxylic acids is 1. The summed E-state index contributed by atoms with van der Waals surface area (Å²) in [6, 6.07) is 21.9. The van der Waals surface area contributed by atoms with Crippen molar-refractivity contribution in [3.63, 3.8) is 0 Å². The van der Waals surface area contributed by atoms with Crippen molar-refractivity contribution in [1.29, 1.82) is 0 Å². The second-order valence-electron chi connectivity index (χ2n) is 7.85. The molecular formula is C27H23NO6. The number of carboxylic acids is 1. The summed E-state index contributed by atoms with van der Waals surface area (Å²) in [5, 5.41) is 12.7. The predicted molar refractivity (Wildman–Crippen MR) is 127 cm³/mol. The Morgan fingerprint density at radius 3 is 2.35 bits per heavy atom. The quantitative estimate of drug-likeness (QED) is 0.387. The summed E-state index contributed by atoms with van der Waals surface area (Å²) >= 11 is 0. The molecule has 0 bridgehead atoms. The minimum Gasteiger partial charge on any atom is -0.484 e. The van der Waals surface area contributed by atoms with E-state index < -0.39 is 30.2 Å². The highest BCUT2D eigenvalue weighted by Gasteiger charge is 2.22. The highest BCUT2D eigenvalue weighted by Crippen LogP contribution is 2.25. The fraction of sp³-hybridized carbons (Fsp3) is 0.148. The predicted octanol–water partition coefficient (Wildman–Crippen LogP) is 4.01. The van der Waals surface area contributed by atoms with E-state index in [4.69, 9.17) is 9.15 Å². The molecule has 7 heteroatoms. The zero-order valence-electron chi connectivity index (χ0n) is 18.5. The number of benzene rings is 3. The van der Waals surface area contributed by atoms with Crippen LogP contribution in [0.3, 0.4) is 0 Å². The number of amides is 1. The Labute approximate surface area is 195 Å². The van der Waals surface area contributed by atoms with Gasteiger partial charge in [0.1, 0.15) is 11.3 Å². The molecule has 0 saturated carbocycles. The summed E-state index contributed by atoms with van der Waals surface area (Å²) in [5.74, 6) is -1.44. The number of hydrogen-bond acceptors (Lipinski definition) is 5. The number of aryl methyl sites for hydroxylation is 1. The van der Waals surface area contributed by atoms with Crippen molar-refractivity contribution in [2.75, 3.05) is 6.61 Å². The van der Waals surface area contributed by atoms with E-state index in [9.17, 15) is 19.5 Å². The van der Waals surface area contributed by atoms with Crippen LogP contribution in [-0.2, 0) is 16.0 Å². The molecule has 1 atom stereocenters. The summed E-state index contributed by atoms with van der Waals surface area (Å²) < 4.78 is 11.1. The Bertz CT molecular complexity index is 1380. The summed E-state index contributed by atoms with van der Waals surface area (Å²) in [6.45, 7) is 1.48. The van der Waals surface area contributed by atoms with Crippen LogP contribution in [0.4, 0.5) is 0 Å². The zero-order chi connectivity index (χ0) is 24.1. The highest BCUT2D eigenvalue weighted by molar-refractivity contribution is 5.86. The van der Waals surface area contributed by atoms with Crippen LogP contribution < -0.4 is 15.7 Å². The van der Waals surface area contributed by atoms with E-state index in [1.165, 1.54) is 0 Å². The van der Waals surface area contributed by atoms with Gasteiger partial charge >= 0.3 is 11.6 Å². The molecule has 1 amide bonds. The van der Waals surface area contributed by atoms with Gasteiger partial charge < -0.3 is 19.6 Å². The van der Waals surface area contributed by atoms with Crippen LogP contribution >= 0.6 is 0 Å². The van der Waals surface area contributed by atoms with Crippen LogP contribution in [0.1, 0.15) is 28.3 Å². The molecule has 34 heavy (non-hydrogen) atoms. The minimum absolute atomic E-state index is 0.326. The molecule has 0 fully saturated rings. The molecule has 4 rings (SSSR count). The summed E-state index contributed by atoms with van der Waals surface area (Å²) in [6.07, 6.45) is 0.468. The topological polar surface area (TPSA) is 106 Å². The summed E-state index contributed by atoms with van der Waals surface area (Å²) in [7, 11) is 0. The number of rotatable bonds is 8. The average Bonchev–Trinajstić information content (AvgIpc) is 2.84. The van der Waals surface area contributed by atoms with Crippen LogP contribution in [-0.4, -0.2) is 23.6 Å². The normalized spacial score (nSPS) is 11.7. The SMILES string of the molecule is Cc1c(Cc2ccccc2)c(=O)oc2cc(OCC(=O)N[C@@H](C(=O)O)c3ccccc3)ccc12. The lowest BCUT2D eigenvalue weighted by molar-refractivity contribution is -0.142. The van der Waals surface area contributed by atoms with E-state index in [1.54, 1.807) is 48.5 Å². The van der Waals surface area contributed by atoms with Gasteiger partial charge in [-0.1, -0.05) is 60.7 Å². The monoisotopic (exact) mass is 457 g/mol. The lowest BCUT2D eigenvalue weighted by atomic mass is 10.00. The van der Waals surface area contributed by atoms with E-state index >= 15 is 0 Å². The number of fused-ring (bicyclic) bond motifs is 1. The van der Waals surface area contributed by atoms with Gasteiger partial charge in [0.15, 0.2) is 12.6 Å². The molecule has 4 aromatic rings. The smallest absolute Gasteiger partial charge is 0.340 e. The first kappa shape index (κ1) is 22.8. The Morgan fingerprint density at radius 1 is 1.00 bits per heavy atom. The van der Waals surface area contributed by atoms with Crippen LogP contribution in [0.25, 0.3) is 11.0 Å². The van der Waals surface area contributed by atoms with Crippen LogP contribution in [0, 0.1) is 6.92 Å². The molecule has 0 aliphatic carbocycles. The van der Waals surface area contributed by atoms with Crippen molar-refractivity contribution in [3.05, 3.63) is 112 Å². The van der Waals surface area contributed by atoms with Gasteiger partial charge in [-0.2, -0.15) is 0 Å². The molecule has 0 aliphatic rings. The molecule has 1 aromatic heterocycles. The molecule has 1 heterocycles. The van der Waals surface area contributed by atoms with Crippen molar-refractivity contribution in [1.82, 2.24) is 5.32 Å². The highest BCUT2D eigenvalue weighted by atomic mass is 16.5. The molecule has 0 unspecified atom stereocenters. The van der Waals surface area contributed by atoms with Gasteiger partial charge in [0.05, 0.1) is 0 Å². The standard InChI is InChI=1S/C27H23NO6/c1-17-21-13-12-20(15-23(21)34-27(32)22(17)14-18-8-4-2-5-9-18)33-16-24(29)28-25(26(30)31)19-10-6-3-7-11-19/h2-13,15,25H,14,16H2,1H3,(H,28,29)(H,30,31)/t25-/m1/s1. The maximum atomic E-state index is 12.6. The average molecular weight is 457 g/mol. The first-order chi connectivity index (χ1) is 16.4. The molecule has 3 aromatic carbocycles. The largest absolute Gasteiger partial charge is 0.484 e. The Balaban J connectivity index is 1.47. The fourth-order valence-corrected chi connectivity index (χ4v) is 3.75. The molecular weight excluding hydrogens is 434 g/mol. The van der Waals surface area contributed by atoms with Gasteiger partial charge in [-0.3, -0.25) is 4.79 Å². The molecule has 0 aliphatic heterocycles. The summed E-state index contributed by atoms with van der Waals surface area (Å²) in [5.41, 5.74) is 2.82. The van der Waals surface area contributed by atoms with Crippen molar-refractivity contribution in [3.8, 4) is 5.75 Å². The number of aliphatic carboxylic acids is 1. The van der Waals surface area contributed by atoms with Gasteiger partial charge in [0.25, 0.3) is 5.91 Å². The second-order valence-corrected chi connectivity index (χ2v) is 7.85. The molecule has 0 saturated heterocycles. The zero-order valence-corrected chi connectivity index (χ0v) is 18.5. The minimum atomic E-state index is -1.18. The first-order valence-corrected chi connectivity index (χ1v) is 10.7.